The molecule has 2 heterocycles. The predicted molar refractivity (Wildman–Crippen MR) is 122 cm³/mol. The standard InChI is InChI=1S/C26H22N2O5/c1-2-33-26(32)18-7-4-3-6-15(18)14-16-10-11-19-23-17(16)8-5-9-20(23)28(25(19)31)21-12-13-22(29)27-24(21)30/h3-11,21H,2,12-14H2,1H3,(H,27,29,30). The maximum Gasteiger partial charge on any atom is 0.338 e. The van der Waals surface area contributed by atoms with Gasteiger partial charge in [0.25, 0.3) is 5.91 Å². The number of hydrogen-bond acceptors (Lipinski definition) is 5. The maximum absolute atomic E-state index is 13.3. The smallest absolute Gasteiger partial charge is 0.338 e. The predicted octanol–water partition coefficient (Wildman–Crippen LogP) is 3.37. The highest BCUT2D eigenvalue weighted by atomic mass is 16.5. The van der Waals surface area contributed by atoms with Gasteiger partial charge in [-0.05, 0) is 54.5 Å². The average Bonchev–Trinajstić information content (AvgIpc) is 3.09. The van der Waals surface area contributed by atoms with Crippen LogP contribution in [-0.4, -0.2) is 36.3 Å². The zero-order valence-electron chi connectivity index (χ0n) is 18.1. The molecule has 3 amide bonds. The lowest BCUT2D eigenvalue weighted by Gasteiger charge is -2.30. The Kier molecular flexibility index (Phi) is 5.17. The Morgan fingerprint density at radius 1 is 1.03 bits per heavy atom. The Hall–Kier alpha value is -4.00. The van der Waals surface area contributed by atoms with E-state index in [4.69, 9.17) is 4.74 Å². The normalized spacial score (nSPS) is 17.4. The molecule has 3 aromatic carbocycles. The first-order valence-electron chi connectivity index (χ1n) is 11.0. The second kappa shape index (κ2) is 8.16. The van der Waals surface area contributed by atoms with E-state index in [9.17, 15) is 19.2 Å². The molecule has 0 bridgehead atoms. The van der Waals surface area contributed by atoms with Crippen molar-refractivity contribution in [3.8, 4) is 0 Å². The first kappa shape index (κ1) is 20.9. The lowest BCUT2D eigenvalue weighted by molar-refractivity contribution is -0.134. The molecule has 0 radical (unpaired) electrons. The Morgan fingerprint density at radius 2 is 1.85 bits per heavy atom. The summed E-state index contributed by atoms with van der Waals surface area (Å²) in [4.78, 5) is 51.3. The first-order chi connectivity index (χ1) is 16.0. The third kappa shape index (κ3) is 3.46. The molecule has 166 valence electrons. The van der Waals surface area contributed by atoms with Crippen molar-refractivity contribution in [2.45, 2.75) is 32.2 Å². The molecule has 0 spiro atoms. The Morgan fingerprint density at radius 3 is 2.64 bits per heavy atom. The minimum atomic E-state index is -0.721. The summed E-state index contributed by atoms with van der Waals surface area (Å²) >= 11 is 0. The van der Waals surface area contributed by atoms with Gasteiger partial charge in [-0.25, -0.2) is 4.79 Å². The maximum atomic E-state index is 13.3. The number of ether oxygens (including phenoxy) is 1. The van der Waals surface area contributed by atoms with Crippen LogP contribution in [-0.2, 0) is 20.7 Å². The van der Waals surface area contributed by atoms with Crippen molar-refractivity contribution < 1.29 is 23.9 Å². The van der Waals surface area contributed by atoms with Gasteiger partial charge in [-0.2, -0.15) is 0 Å². The van der Waals surface area contributed by atoms with Gasteiger partial charge in [0.05, 0.1) is 17.9 Å². The van der Waals surface area contributed by atoms with Crippen molar-refractivity contribution in [3.05, 3.63) is 76.9 Å². The molecule has 1 unspecified atom stereocenters. The summed E-state index contributed by atoms with van der Waals surface area (Å²) in [5.41, 5.74) is 3.52. The highest BCUT2D eigenvalue weighted by molar-refractivity contribution is 6.27. The summed E-state index contributed by atoms with van der Waals surface area (Å²) in [5.74, 6) is -1.37. The van der Waals surface area contributed by atoms with Crippen LogP contribution < -0.4 is 10.2 Å². The summed E-state index contributed by atoms with van der Waals surface area (Å²) in [7, 11) is 0. The number of benzene rings is 3. The van der Waals surface area contributed by atoms with Gasteiger partial charge in [0.2, 0.25) is 11.8 Å². The molecule has 0 saturated carbocycles. The number of carbonyl (C=O) groups excluding carboxylic acids is 4. The summed E-state index contributed by atoms with van der Waals surface area (Å²) in [6, 6.07) is 15.9. The van der Waals surface area contributed by atoms with Gasteiger partial charge in [-0.1, -0.05) is 36.4 Å². The minimum Gasteiger partial charge on any atom is -0.462 e. The molecule has 2 aliphatic heterocycles. The summed E-state index contributed by atoms with van der Waals surface area (Å²) < 4.78 is 5.20. The van der Waals surface area contributed by atoms with E-state index in [-0.39, 0.29) is 24.2 Å². The van der Waals surface area contributed by atoms with E-state index < -0.39 is 11.9 Å². The molecule has 0 aromatic heterocycles. The fourth-order valence-electron chi connectivity index (χ4n) is 4.75. The van der Waals surface area contributed by atoms with Crippen LogP contribution in [0.4, 0.5) is 5.69 Å². The van der Waals surface area contributed by atoms with Crippen LogP contribution in [0, 0.1) is 0 Å². The van der Waals surface area contributed by atoms with Crippen LogP contribution in [0.5, 0.6) is 0 Å². The van der Waals surface area contributed by atoms with Gasteiger partial charge in [-0.15, -0.1) is 0 Å². The Balaban J connectivity index is 1.57. The third-order valence-electron chi connectivity index (χ3n) is 6.23. The molecule has 1 atom stereocenters. The fourth-order valence-corrected chi connectivity index (χ4v) is 4.75. The Bertz CT molecular complexity index is 1330. The van der Waals surface area contributed by atoms with Crippen LogP contribution >= 0.6 is 0 Å². The molecule has 5 rings (SSSR count). The lowest BCUT2D eigenvalue weighted by atomic mass is 9.93. The SMILES string of the molecule is CCOC(=O)c1ccccc1Cc1ccc2c3c(cccc13)N(C1CCC(=O)NC1=O)C2=O. The number of nitrogens with zero attached hydrogens (tertiary/aromatic N) is 1. The summed E-state index contributed by atoms with van der Waals surface area (Å²) in [6.07, 6.45) is 0.977. The van der Waals surface area contributed by atoms with Gasteiger partial charge < -0.3 is 4.74 Å². The third-order valence-corrected chi connectivity index (χ3v) is 6.23. The van der Waals surface area contributed by atoms with E-state index in [1.165, 1.54) is 4.90 Å². The van der Waals surface area contributed by atoms with Crippen molar-refractivity contribution in [3.63, 3.8) is 0 Å². The topological polar surface area (TPSA) is 92.8 Å². The molecule has 1 N–H and O–H groups in total. The van der Waals surface area contributed by atoms with Crippen LogP contribution in [0.3, 0.4) is 0 Å². The summed E-state index contributed by atoms with van der Waals surface area (Å²) in [6.45, 7) is 2.07. The minimum absolute atomic E-state index is 0.197. The van der Waals surface area contributed by atoms with E-state index in [1.807, 2.05) is 36.4 Å². The number of piperidine rings is 1. The summed E-state index contributed by atoms with van der Waals surface area (Å²) in [5, 5.41) is 4.03. The lowest BCUT2D eigenvalue weighted by Crippen LogP contribution is -2.53. The first-order valence-corrected chi connectivity index (χ1v) is 11.0. The highest BCUT2D eigenvalue weighted by Crippen LogP contribution is 2.41. The monoisotopic (exact) mass is 442 g/mol. The van der Waals surface area contributed by atoms with Crippen LogP contribution in [0.25, 0.3) is 10.8 Å². The van der Waals surface area contributed by atoms with E-state index in [1.54, 1.807) is 25.1 Å². The van der Waals surface area contributed by atoms with Gasteiger partial charge in [0.15, 0.2) is 0 Å². The van der Waals surface area contributed by atoms with Crippen molar-refractivity contribution in [2.24, 2.45) is 0 Å². The number of nitrogens with one attached hydrogen (secondary N) is 1. The van der Waals surface area contributed by atoms with Crippen molar-refractivity contribution in [1.82, 2.24) is 5.32 Å². The fraction of sp³-hybridized carbons (Fsp3) is 0.231. The van der Waals surface area contributed by atoms with E-state index in [0.717, 1.165) is 21.9 Å². The van der Waals surface area contributed by atoms with Crippen LogP contribution in [0.15, 0.2) is 54.6 Å². The zero-order chi connectivity index (χ0) is 23.1. The number of esters is 1. The number of amides is 3. The molecule has 1 saturated heterocycles. The number of imide groups is 1. The molecule has 1 fully saturated rings. The van der Waals surface area contributed by atoms with Gasteiger partial charge in [-0.3, -0.25) is 24.6 Å². The highest BCUT2D eigenvalue weighted by Gasteiger charge is 2.40. The van der Waals surface area contributed by atoms with Gasteiger partial charge in [0, 0.05) is 17.4 Å². The molecule has 3 aromatic rings. The molecule has 0 aliphatic carbocycles. The molecular weight excluding hydrogens is 420 g/mol. The molecule has 7 nitrogen and oxygen atoms in total. The van der Waals surface area contributed by atoms with Crippen LogP contribution in [0.1, 0.15) is 51.6 Å². The molecule has 33 heavy (non-hydrogen) atoms. The van der Waals surface area contributed by atoms with E-state index in [0.29, 0.717) is 36.3 Å². The average molecular weight is 442 g/mol. The van der Waals surface area contributed by atoms with Crippen molar-refractivity contribution >= 4 is 40.2 Å². The van der Waals surface area contributed by atoms with E-state index in [2.05, 4.69) is 5.32 Å². The van der Waals surface area contributed by atoms with E-state index >= 15 is 0 Å². The molecule has 2 aliphatic rings. The number of hydrogen-bond donors (Lipinski definition) is 1. The quantitative estimate of drug-likeness (QED) is 0.483. The number of anilines is 1. The van der Waals surface area contributed by atoms with Crippen LogP contribution in [0.2, 0.25) is 0 Å². The molecule has 7 heteroatoms. The Labute approximate surface area is 190 Å². The van der Waals surface area contributed by atoms with Crippen molar-refractivity contribution in [2.75, 3.05) is 11.5 Å². The van der Waals surface area contributed by atoms with Gasteiger partial charge in [0.1, 0.15) is 6.04 Å². The second-order valence-corrected chi connectivity index (χ2v) is 8.17. The zero-order valence-corrected chi connectivity index (χ0v) is 18.1. The number of rotatable bonds is 5. The number of carbonyl (C=O) groups is 4. The van der Waals surface area contributed by atoms with Gasteiger partial charge >= 0.3 is 5.97 Å². The largest absolute Gasteiger partial charge is 0.462 e. The molecular formula is C26H22N2O5. The second-order valence-electron chi connectivity index (χ2n) is 8.17. The van der Waals surface area contributed by atoms with Crippen molar-refractivity contribution in [1.29, 1.82) is 0 Å².